The molecule has 0 bridgehead atoms. The van der Waals surface area contributed by atoms with Crippen LogP contribution < -0.4 is 15.8 Å². The Morgan fingerprint density at radius 3 is 2.56 bits per heavy atom. The van der Waals surface area contributed by atoms with Gasteiger partial charge in [0.25, 0.3) is 5.91 Å². The molecular weight excluding hydrogens is 537 g/mol. The van der Waals surface area contributed by atoms with Crippen LogP contribution in [0.3, 0.4) is 0 Å². The van der Waals surface area contributed by atoms with Gasteiger partial charge in [-0.1, -0.05) is 26.3 Å². The van der Waals surface area contributed by atoms with E-state index in [0.29, 0.717) is 45.9 Å². The summed E-state index contributed by atoms with van der Waals surface area (Å²) < 4.78 is 55.3. The van der Waals surface area contributed by atoms with Crippen molar-refractivity contribution in [2.24, 2.45) is 11.7 Å². The second kappa shape index (κ2) is 12.1. The third kappa shape index (κ3) is 6.72. The molecule has 0 saturated carbocycles. The van der Waals surface area contributed by atoms with Gasteiger partial charge in [0.2, 0.25) is 0 Å². The molecule has 210 valence electrons. The highest BCUT2D eigenvalue weighted by molar-refractivity contribution is 5.97. The van der Waals surface area contributed by atoms with Crippen molar-refractivity contribution in [3.05, 3.63) is 54.0 Å². The zero-order valence-corrected chi connectivity index (χ0v) is 22.5. The molecule has 8 nitrogen and oxygen atoms in total. The number of nitrogens with one attached hydrogen (secondary N) is 1. The molecule has 2 atom stereocenters. The molecule has 1 aliphatic heterocycles. The number of nitrogens with two attached hydrogens (primary N) is 1. The summed E-state index contributed by atoms with van der Waals surface area (Å²) in [4.78, 5) is 24.0. The quantitative estimate of drug-likeness (QED) is 0.354. The SMILES string of the molecule is CC[C@H](C)[C@H](N)C(=O)OCC(F)(F)Cn1nc(C)c(-c2ccc3c(c2)NC(=O)CO3)c1-c1ccc(F)cc1.Cl. The van der Waals surface area contributed by atoms with E-state index in [-0.39, 0.29) is 30.8 Å². The number of carbonyl (C=O) groups is 2. The molecule has 0 radical (unpaired) electrons. The summed E-state index contributed by atoms with van der Waals surface area (Å²) in [5.41, 5.74) is 8.55. The molecule has 12 heteroatoms. The van der Waals surface area contributed by atoms with Gasteiger partial charge < -0.3 is 20.5 Å². The van der Waals surface area contributed by atoms with E-state index in [1.54, 1.807) is 32.0 Å². The molecule has 3 aromatic rings. The van der Waals surface area contributed by atoms with Gasteiger partial charge in [0, 0.05) is 11.1 Å². The maximum atomic E-state index is 15.1. The maximum Gasteiger partial charge on any atom is 0.323 e. The number of hydrogen-bond acceptors (Lipinski definition) is 6. The first-order valence-electron chi connectivity index (χ1n) is 12.2. The molecular formula is C27H30ClF3N4O4. The highest BCUT2D eigenvalue weighted by atomic mass is 35.5. The van der Waals surface area contributed by atoms with Crippen LogP contribution in [0.5, 0.6) is 5.75 Å². The largest absolute Gasteiger partial charge is 0.482 e. The highest BCUT2D eigenvalue weighted by Gasteiger charge is 2.35. The number of carbonyl (C=O) groups excluding carboxylic acids is 2. The number of benzene rings is 2. The molecule has 0 unspecified atom stereocenters. The summed E-state index contributed by atoms with van der Waals surface area (Å²) in [5.74, 6) is -4.92. The summed E-state index contributed by atoms with van der Waals surface area (Å²) >= 11 is 0. The van der Waals surface area contributed by atoms with Crippen molar-refractivity contribution in [3.8, 4) is 28.1 Å². The number of ether oxygens (including phenoxy) is 2. The summed E-state index contributed by atoms with van der Waals surface area (Å²) in [5, 5.41) is 7.09. The first-order chi connectivity index (χ1) is 18.0. The van der Waals surface area contributed by atoms with Gasteiger partial charge in [-0.05, 0) is 54.8 Å². The van der Waals surface area contributed by atoms with Crippen LogP contribution in [-0.2, 0) is 20.9 Å². The lowest BCUT2D eigenvalue weighted by molar-refractivity contribution is -0.159. The van der Waals surface area contributed by atoms with E-state index >= 15 is 8.78 Å². The van der Waals surface area contributed by atoms with E-state index in [2.05, 4.69) is 10.4 Å². The molecule has 4 rings (SSSR count). The van der Waals surface area contributed by atoms with Crippen molar-refractivity contribution < 1.29 is 32.2 Å². The lowest BCUT2D eigenvalue weighted by atomic mass is 9.98. The van der Waals surface area contributed by atoms with Crippen molar-refractivity contribution in [2.45, 2.75) is 45.7 Å². The van der Waals surface area contributed by atoms with Crippen LogP contribution in [-0.4, -0.2) is 46.8 Å². The van der Waals surface area contributed by atoms with Gasteiger partial charge in [-0.25, -0.2) is 13.2 Å². The van der Waals surface area contributed by atoms with Gasteiger partial charge >= 0.3 is 11.9 Å². The number of nitrogens with zero attached hydrogens (tertiary/aromatic N) is 2. The number of alkyl halides is 2. The fraction of sp³-hybridized carbons (Fsp3) is 0.370. The number of halogens is 4. The second-order valence-electron chi connectivity index (χ2n) is 9.40. The monoisotopic (exact) mass is 566 g/mol. The molecule has 0 spiro atoms. The Bertz CT molecular complexity index is 1350. The molecule has 39 heavy (non-hydrogen) atoms. The van der Waals surface area contributed by atoms with E-state index in [9.17, 15) is 14.0 Å². The number of esters is 1. The smallest absolute Gasteiger partial charge is 0.323 e. The average molecular weight is 567 g/mol. The van der Waals surface area contributed by atoms with E-state index in [0.717, 1.165) is 4.68 Å². The van der Waals surface area contributed by atoms with Crippen LogP contribution >= 0.6 is 12.4 Å². The normalized spacial score (nSPS) is 14.4. The predicted octanol–water partition coefficient (Wildman–Crippen LogP) is 4.97. The molecule has 1 aliphatic rings. The average Bonchev–Trinajstić information content (AvgIpc) is 3.20. The zero-order valence-electron chi connectivity index (χ0n) is 21.7. The van der Waals surface area contributed by atoms with Gasteiger partial charge in [-0.15, -0.1) is 12.4 Å². The Hall–Kier alpha value is -3.57. The van der Waals surface area contributed by atoms with E-state index < -0.39 is 36.9 Å². The number of anilines is 1. The molecule has 3 N–H and O–H groups in total. The topological polar surface area (TPSA) is 108 Å². The van der Waals surface area contributed by atoms with Gasteiger partial charge in [-0.2, -0.15) is 5.10 Å². The summed E-state index contributed by atoms with van der Waals surface area (Å²) in [6, 6.07) is 9.46. The Morgan fingerprint density at radius 1 is 1.23 bits per heavy atom. The molecule has 0 saturated heterocycles. The summed E-state index contributed by atoms with van der Waals surface area (Å²) in [6.45, 7) is 3.06. The van der Waals surface area contributed by atoms with Crippen LogP contribution in [0, 0.1) is 18.7 Å². The first-order valence-corrected chi connectivity index (χ1v) is 12.2. The number of rotatable bonds is 9. The minimum atomic E-state index is -3.48. The van der Waals surface area contributed by atoms with Crippen LogP contribution in [0.25, 0.3) is 22.4 Å². The van der Waals surface area contributed by atoms with Crippen molar-refractivity contribution in [2.75, 3.05) is 18.5 Å². The lowest BCUT2D eigenvalue weighted by Gasteiger charge is -2.21. The van der Waals surface area contributed by atoms with Gasteiger partial charge in [0.05, 0.1) is 17.1 Å². The fourth-order valence-corrected chi connectivity index (χ4v) is 4.21. The highest BCUT2D eigenvalue weighted by Crippen LogP contribution is 2.40. The van der Waals surface area contributed by atoms with Gasteiger partial charge in [0.15, 0.2) is 13.2 Å². The van der Waals surface area contributed by atoms with Crippen LogP contribution in [0.15, 0.2) is 42.5 Å². The molecule has 1 aromatic heterocycles. The first kappa shape index (κ1) is 30.0. The molecule has 2 heterocycles. The second-order valence-corrected chi connectivity index (χ2v) is 9.40. The van der Waals surface area contributed by atoms with E-state index in [1.807, 2.05) is 6.92 Å². The van der Waals surface area contributed by atoms with Crippen molar-refractivity contribution >= 4 is 30.0 Å². The van der Waals surface area contributed by atoms with Gasteiger partial charge in [0.1, 0.15) is 24.2 Å². The zero-order chi connectivity index (χ0) is 27.6. The third-order valence-corrected chi connectivity index (χ3v) is 6.48. The lowest BCUT2D eigenvalue weighted by Crippen LogP contribution is -2.41. The molecule has 0 aliphatic carbocycles. The molecule has 1 amide bonds. The molecule has 0 fully saturated rings. The van der Waals surface area contributed by atoms with Crippen molar-refractivity contribution in [1.82, 2.24) is 9.78 Å². The number of fused-ring (bicyclic) bond motifs is 1. The summed E-state index contributed by atoms with van der Waals surface area (Å²) in [6.07, 6.45) is 0.599. The Morgan fingerprint density at radius 2 is 1.90 bits per heavy atom. The van der Waals surface area contributed by atoms with E-state index in [4.69, 9.17) is 15.2 Å². The van der Waals surface area contributed by atoms with Gasteiger partial charge in [-0.3, -0.25) is 14.3 Å². The number of aromatic nitrogens is 2. The number of hydrogen-bond donors (Lipinski definition) is 2. The van der Waals surface area contributed by atoms with Crippen molar-refractivity contribution in [3.63, 3.8) is 0 Å². The van der Waals surface area contributed by atoms with Crippen molar-refractivity contribution in [1.29, 1.82) is 0 Å². The molecule has 2 aromatic carbocycles. The fourth-order valence-electron chi connectivity index (χ4n) is 4.21. The van der Waals surface area contributed by atoms with E-state index in [1.165, 1.54) is 24.3 Å². The predicted molar refractivity (Wildman–Crippen MR) is 143 cm³/mol. The minimum absolute atomic E-state index is 0. The van der Waals surface area contributed by atoms with Crippen LogP contribution in [0.2, 0.25) is 0 Å². The van der Waals surface area contributed by atoms with Crippen LogP contribution in [0.1, 0.15) is 26.0 Å². The van der Waals surface area contributed by atoms with Crippen LogP contribution in [0.4, 0.5) is 18.9 Å². The minimum Gasteiger partial charge on any atom is -0.482 e. The standard InChI is InChI=1S/C27H29F3N4O4.ClH/c1-4-15(2)24(31)26(36)38-14-27(29,30)13-34-25(17-5-8-19(28)9-6-17)23(16(3)33-34)18-7-10-21-20(11-18)32-22(35)12-37-21;/h5-11,15,24H,4,12-14,31H2,1-3H3,(H,32,35);1H/t15-,24-;/m0./s1. The Balaban J connectivity index is 0.00000420. The third-order valence-electron chi connectivity index (χ3n) is 6.48. The Kier molecular flexibility index (Phi) is 9.29. The number of aryl methyl sites for hydroxylation is 1. The Labute approximate surface area is 230 Å². The maximum absolute atomic E-state index is 15.1. The summed E-state index contributed by atoms with van der Waals surface area (Å²) in [7, 11) is 0. The number of amides is 1.